The first kappa shape index (κ1) is 13.5. The maximum Gasteiger partial charge on any atom is 0.248 e. The van der Waals surface area contributed by atoms with E-state index in [0.29, 0.717) is 5.57 Å². The van der Waals surface area contributed by atoms with E-state index < -0.39 is 6.10 Å². The van der Waals surface area contributed by atoms with E-state index in [1.807, 2.05) is 37.3 Å². The summed E-state index contributed by atoms with van der Waals surface area (Å²) in [4.78, 5) is 13.2. The van der Waals surface area contributed by atoms with Gasteiger partial charge in [-0.2, -0.15) is 0 Å². The quantitative estimate of drug-likeness (QED) is 0.809. The van der Waals surface area contributed by atoms with Crippen LogP contribution in [-0.2, 0) is 4.79 Å². The molecule has 0 heterocycles. The number of amides is 1. The minimum Gasteiger partial charge on any atom is -0.386 e. The topological polar surface area (TPSA) is 40.5 Å². The zero-order chi connectivity index (χ0) is 13.0. The van der Waals surface area contributed by atoms with Gasteiger partial charge in [0.1, 0.15) is 0 Å². The Bertz CT molecular complexity index is 400. The second kappa shape index (κ2) is 5.64. The second-order valence-electron chi connectivity index (χ2n) is 4.29. The number of rotatable bonds is 4. The fraction of sp³-hybridized carbons (Fsp3) is 0.357. The zero-order valence-corrected chi connectivity index (χ0v) is 10.6. The number of aliphatic hydroxyl groups excluding tert-OH is 1. The number of benzene rings is 1. The van der Waals surface area contributed by atoms with Crippen molar-refractivity contribution in [2.24, 2.45) is 0 Å². The van der Waals surface area contributed by atoms with Crippen LogP contribution in [0.25, 0.3) is 0 Å². The lowest BCUT2D eigenvalue weighted by Crippen LogP contribution is -2.39. The van der Waals surface area contributed by atoms with Gasteiger partial charge in [-0.05, 0) is 19.4 Å². The van der Waals surface area contributed by atoms with Gasteiger partial charge in [0.25, 0.3) is 0 Å². The number of carbonyl (C=O) groups is 1. The molecule has 0 bridgehead atoms. The molecule has 0 aliphatic rings. The first-order chi connectivity index (χ1) is 7.95. The normalized spacial score (nSPS) is 13.9. The largest absolute Gasteiger partial charge is 0.386 e. The Hall–Kier alpha value is -1.61. The standard InChI is InChI=1S/C14H19NO2/c1-10(2)14(17)15(4)11(3)13(16)12-8-6-5-7-9-12/h5-9,11,13,16H,1H2,2-4H3. The van der Waals surface area contributed by atoms with Crippen LogP contribution >= 0.6 is 0 Å². The first-order valence-corrected chi connectivity index (χ1v) is 5.60. The zero-order valence-electron chi connectivity index (χ0n) is 10.6. The van der Waals surface area contributed by atoms with E-state index in [0.717, 1.165) is 5.56 Å². The van der Waals surface area contributed by atoms with Gasteiger partial charge in [-0.15, -0.1) is 0 Å². The lowest BCUT2D eigenvalue weighted by atomic mass is 10.0. The maximum atomic E-state index is 11.7. The molecule has 17 heavy (non-hydrogen) atoms. The van der Waals surface area contributed by atoms with Crippen LogP contribution in [0.5, 0.6) is 0 Å². The van der Waals surface area contributed by atoms with Crippen LogP contribution in [0.4, 0.5) is 0 Å². The summed E-state index contributed by atoms with van der Waals surface area (Å²) in [5.41, 5.74) is 1.28. The van der Waals surface area contributed by atoms with Crippen LogP contribution in [0.1, 0.15) is 25.5 Å². The minimum absolute atomic E-state index is 0.146. The highest BCUT2D eigenvalue weighted by atomic mass is 16.3. The van der Waals surface area contributed by atoms with Gasteiger partial charge in [-0.1, -0.05) is 36.9 Å². The van der Waals surface area contributed by atoms with E-state index in [-0.39, 0.29) is 11.9 Å². The van der Waals surface area contributed by atoms with E-state index in [1.165, 1.54) is 4.90 Å². The monoisotopic (exact) mass is 233 g/mol. The number of aliphatic hydroxyl groups is 1. The van der Waals surface area contributed by atoms with Crippen LogP contribution in [0.2, 0.25) is 0 Å². The molecule has 1 N–H and O–H groups in total. The maximum absolute atomic E-state index is 11.7. The molecule has 0 aliphatic carbocycles. The summed E-state index contributed by atoms with van der Waals surface area (Å²) in [5, 5.41) is 10.2. The molecule has 0 saturated carbocycles. The number of carbonyl (C=O) groups excluding carboxylic acids is 1. The van der Waals surface area contributed by atoms with Gasteiger partial charge in [-0.25, -0.2) is 0 Å². The molecule has 1 aromatic rings. The first-order valence-electron chi connectivity index (χ1n) is 5.60. The van der Waals surface area contributed by atoms with Crippen LogP contribution in [0, 0.1) is 0 Å². The lowest BCUT2D eigenvalue weighted by Gasteiger charge is -2.29. The SMILES string of the molecule is C=C(C)C(=O)N(C)C(C)C(O)c1ccccc1. The summed E-state index contributed by atoms with van der Waals surface area (Å²) in [6.45, 7) is 7.10. The number of hydrogen-bond donors (Lipinski definition) is 1. The smallest absolute Gasteiger partial charge is 0.248 e. The molecule has 1 amide bonds. The summed E-state index contributed by atoms with van der Waals surface area (Å²) in [6, 6.07) is 9.03. The molecule has 0 aliphatic heterocycles. The van der Waals surface area contributed by atoms with Crippen molar-refractivity contribution in [2.45, 2.75) is 26.0 Å². The highest BCUT2D eigenvalue weighted by Crippen LogP contribution is 2.20. The van der Waals surface area contributed by atoms with Crippen molar-refractivity contribution in [3.8, 4) is 0 Å². The van der Waals surface area contributed by atoms with E-state index in [9.17, 15) is 9.90 Å². The summed E-state index contributed by atoms with van der Waals surface area (Å²) in [5.74, 6) is -0.146. The fourth-order valence-corrected chi connectivity index (χ4v) is 1.63. The molecule has 0 spiro atoms. The Balaban J connectivity index is 2.80. The summed E-state index contributed by atoms with van der Waals surface area (Å²) >= 11 is 0. The van der Waals surface area contributed by atoms with Gasteiger partial charge in [0, 0.05) is 12.6 Å². The molecule has 92 valence electrons. The van der Waals surface area contributed by atoms with Crippen molar-refractivity contribution in [3.63, 3.8) is 0 Å². The van der Waals surface area contributed by atoms with Gasteiger partial charge in [0.2, 0.25) is 5.91 Å². The van der Waals surface area contributed by atoms with Crippen LogP contribution in [0.15, 0.2) is 42.5 Å². The highest BCUT2D eigenvalue weighted by Gasteiger charge is 2.23. The third-order valence-corrected chi connectivity index (χ3v) is 2.89. The van der Waals surface area contributed by atoms with Gasteiger partial charge >= 0.3 is 0 Å². The van der Waals surface area contributed by atoms with Crippen molar-refractivity contribution < 1.29 is 9.90 Å². The molecule has 3 heteroatoms. The minimum atomic E-state index is -0.690. The molecule has 2 unspecified atom stereocenters. The Labute approximate surface area is 102 Å². The van der Waals surface area contributed by atoms with E-state index in [1.54, 1.807) is 14.0 Å². The predicted octanol–water partition coefficient (Wildman–Crippen LogP) is 2.14. The Morgan fingerprint density at radius 2 is 1.88 bits per heavy atom. The molecule has 3 nitrogen and oxygen atoms in total. The summed E-state index contributed by atoms with van der Waals surface area (Å²) in [6.07, 6.45) is -0.690. The summed E-state index contributed by atoms with van der Waals surface area (Å²) < 4.78 is 0. The number of likely N-dealkylation sites (N-methyl/N-ethyl adjacent to an activating group) is 1. The molecule has 1 aromatic carbocycles. The molecular weight excluding hydrogens is 214 g/mol. The summed E-state index contributed by atoms with van der Waals surface area (Å²) in [7, 11) is 1.67. The number of nitrogens with zero attached hydrogens (tertiary/aromatic N) is 1. The average molecular weight is 233 g/mol. The van der Waals surface area contributed by atoms with Crippen molar-refractivity contribution in [2.75, 3.05) is 7.05 Å². The molecule has 1 rings (SSSR count). The molecule has 0 fully saturated rings. The highest BCUT2D eigenvalue weighted by molar-refractivity contribution is 5.92. The Kier molecular flexibility index (Phi) is 4.46. The van der Waals surface area contributed by atoms with Gasteiger partial charge in [0.05, 0.1) is 12.1 Å². The van der Waals surface area contributed by atoms with Crippen molar-refractivity contribution in [1.82, 2.24) is 4.90 Å². The van der Waals surface area contributed by atoms with E-state index in [4.69, 9.17) is 0 Å². The van der Waals surface area contributed by atoms with Crippen molar-refractivity contribution in [3.05, 3.63) is 48.0 Å². The van der Waals surface area contributed by atoms with Crippen molar-refractivity contribution >= 4 is 5.91 Å². The van der Waals surface area contributed by atoms with Gasteiger partial charge < -0.3 is 10.0 Å². The van der Waals surface area contributed by atoms with Gasteiger partial charge in [-0.3, -0.25) is 4.79 Å². The van der Waals surface area contributed by atoms with E-state index >= 15 is 0 Å². The third-order valence-electron chi connectivity index (χ3n) is 2.89. The van der Waals surface area contributed by atoms with E-state index in [2.05, 4.69) is 6.58 Å². The molecular formula is C14H19NO2. The average Bonchev–Trinajstić information content (AvgIpc) is 2.36. The van der Waals surface area contributed by atoms with Gasteiger partial charge in [0.15, 0.2) is 0 Å². The van der Waals surface area contributed by atoms with Crippen LogP contribution in [-0.4, -0.2) is 29.0 Å². The second-order valence-corrected chi connectivity index (χ2v) is 4.29. The molecule has 0 saturated heterocycles. The molecule has 0 aromatic heterocycles. The Morgan fingerprint density at radius 1 is 1.35 bits per heavy atom. The van der Waals surface area contributed by atoms with Crippen molar-refractivity contribution in [1.29, 1.82) is 0 Å². The fourth-order valence-electron chi connectivity index (χ4n) is 1.63. The number of hydrogen-bond acceptors (Lipinski definition) is 2. The van der Waals surface area contributed by atoms with Crippen LogP contribution in [0.3, 0.4) is 0 Å². The third kappa shape index (κ3) is 3.17. The lowest BCUT2D eigenvalue weighted by molar-refractivity contribution is -0.129. The Morgan fingerprint density at radius 3 is 2.35 bits per heavy atom. The molecule has 0 radical (unpaired) electrons. The molecule has 2 atom stereocenters. The van der Waals surface area contributed by atoms with Crippen LogP contribution < -0.4 is 0 Å². The predicted molar refractivity (Wildman–Crippen MR) is 68.4 cm³/mol.